The average molecular weight is 340 g/mol. The second-order valence-electron chi connectivity index (χ2n) is 5.60. The fourth-order valence-electron chi connectivity index (χ4n) is 2.62. The van der Waals surface area contributed by atoms with Crippen LogP contribution < -0.4 is 0 Å². The smallest absolute Gasteiger partial charge is 0.256 e. The van der Waals surface area contributed by atoms with E-state index in [0.29, 0.717) is 58.3 Å². The number of halogens is 2. The molecule has 0 unspecified atom stereocenters. The van der Waals surface area contributed by atoms with E-state index in [1.165, 1.54) is 4.90 Å². The summed E-state index contributed by atoms with van der Waals surface area (Å²) < 4.78 is 31.8. The van der Waals surface area contributed by atoms with Crippen molar-refractivity contribution in [2.75, 3.05) is 39.4 Å². The van der Waals surface area contributed by atoms with E-state index < -0.39 is 17.5 Å². The van der Waals surface area contributed by atoms with Crippen LogP contribution in [0, 0.1) is 11.6 Å². The largest absolute Gasteiger partial charge is 0.382 e. The van der Waals surface area contributed by atoms with E-state index in [0.717, 1.165) is 12.1 Å². The molecule has 1 heterocycles. The molecule has 0 atom stereocenters. The van der Waals surface area contributed by atoms with Crippen LogP contribution in [0.1, 0.15) is 30.1 Å². The highest BCUT2D eigenvalue weighted by molar-refractivity contribution is 5.94. The normalized spacial score (nSPS) is 14.8. The van der Waals surface area contributed by atoms with Gasteiger partial charge >= 0.3 is 0 Å². The molecule has 1 saturated heterocycles. The number of rotatable bonds is 6. The minimum atomic E-state index is -0.866. The first-order valence-electron chi connectivity index (χ1n) is 8.12. The van der Waals surface area contributed by atoms with Crippen LogP contribution in [0.4, 0.5) is 8.78 Å². The molecule has 1 aliphatic rings. The number of benzene rings is 1. The summed E-state index contributed by atoms with van der Waals surface area (Å²) in [6.07, 6.45) is 1.09. The Morgan fingerprint density at radius 2 is 1.79 bits per heavy atom. The van der Waals surface area contributed by atoms with Crippen molar-refractivity contribution in [3.8, 4) is 0 Å². The van der Waals surface area contributed by atoms with E-state index in [2.05, 4.69) is 0 Å². The van der Waals surface area contributed by atoms with Gasteiger partial charge in [-0.3, -0.25) is 9.59 Å². The van der Waals surface area contributed by atoms with Crippen LogP contribution in [-0.4, -0.2) is 61.0 Å². The van der Waals surface area contributed by atoms with Crippen LogP contribution in [0.3, 0.4) is 0 Å². The zero-order chi connectivity index (χ0) is 17.5. The van der Waals surface area contributed by atoms with Gasteiger partial charge in [0.05, 0.1) is 5.56 Å². The maximum Gasteiger partial charge on any atom is 0.256 e. The molecule has 132 valence electrons. The summed E-state index contributed by atoms with van der Waals surface area (Å²) in [5.74, 6) is -2.02. The molecule has 1 aromatic carbocycles. The Kier molecular flexibility index (Phi) is 6.66. The first kappa shape index (κ1) is 18.3. The average Bonchev–Trinajstić information content (AvgIpc) is 2.58. The predicted octanol–water partition coefficient (Wildman–Crippen LogP) is 2.07. The lowest BCUT2D eigenvalue weighted by atomic mass is 10.1. The lowest BCUT2D eigenvalue weighted by molar-refractivity contribution is -0.133. The van der Waals surface area contributed by atoms with Crippen LogP contribution in [0.25, 0.3) is 0 Å². The Hall–Kier alpha value is -2.02. The molecular formula is C17H22F2N2O3. The number of ether oxygens (including phenoxy) is 1. The lowest BCUT2D eigenvalue weighted by Crippen LogP contribution is -2.50. The van der Waals surface area contributed by atoms with Crippen molar-refractivity contribution in [2.45, 2.75) is 19.8 Å². The lowest BCUT2D eigenvalue weighted by Gasteiger charge is -2.35. The van der Waals surface area contributed by atoms with Gasteiger partial charge in [-0.05, 0) is 25.5 Å². The molecule has 24 heavy (non-hydrogen) atoms. The maximum atomic E-state index is 13.7. The summed E-state index contributed by atoms with van der Waals surface area (Å²) in [6, 6.07) is 2.91. The van der Waals surface area contributed by atoms with Crippen molar-refractivity contribution in [2.24, 2.45) is 0 Å². The minimum Gasteiger partial charge on any atom is -0.382 e. The third-order valence-corrected chi connectivity index (χ3v) is 3.96. The third-order valence-electron chi connectivity index (χ3n) is 3.96. The van der Waals surface area contributed by atoms with E-state index in [4.69, 9.17) is 4.74 Å². The summed E-state index contributed by atoms with van der Waals surface area (Å²) in [7, 11) is 0. The summed E-state index contributed by atoms with van der Waals surface area (Å²) in [6.45, 7) is 4.62. The molecule has 0 bridgehead atoms. The van der Waals surface area contributed by atoms with E-state index in [-0.39, 0.29) is 11.5 Å². The molecule has 7 heteroatoms. The summed E-state index contributed by atoms with van der Waals surface area (Å²) in [5.41, 5.74) is -0.145. The molecule has 0 aromatic heterocycles. The number of carbonyl (C=O) groups is 2. The molecule has 5 nitrogen and oxygen atoms in total. The molecule has 0 N–H and O–H groups in total. The van der Waals surface area contributed by atoms with Crippen molar-refractivity contribution in [3.05, 3.63) is 35.4 Å². The number of hydrogen-bond acceptors (Lipinski definition) is 3. The van der Waals surface area contributed by atoms with Crippen LogP contribution in [0.15, 0.2) is 18.2 Å². The number of nitrogens with zero attached hydrogens (tertiary/aromatic N) is 2. The molecular weight excluding hydrogens is 318 g/mol. The van der Waals surface area contributed by atoms with Crippen molar-refractivity contribution < 1.29 is 23.1 Å². The van der Waals surface area contributed by atoms with Crippen molar-refractivity contribution in [3.63, 3.8) is 0 Å². The third kappa shape index (κ3) is 4.74. The van der Waals surface area contributed by atoms with E-state index in [9.17, 15) is 18.4 Å². The van der Waals surface area contributed by atoms with Crippen LogP contribution >= 0.6 is 0 Å². The summed E-state index contributed by atoms with van der Waals surface area (Å²) in [4.78, 5) is 27.6. The van der Waals surface area contributed by atoms with Gasteiger partial charge in [-0.2, -0.15) is 0 Å². The monoisotopic (exact) mass is 340 g/mol. The molecule has 1 aromatic rings. The summed E-state index contributed by atoms with van der Waals surface area (Å²) >= 11 is 0. The van der Waals surface area contributed by atoms with Crippen LogP contribution in [0.2, 0.25) is 0 Å². The number of hydrogen-bond donors (Lipinski definition) is 0. The molecule has 0 aliphatic carbocycles. The van der Waals surface area contributed by atoms with E-state index >= 15 is 0 Å². The molecule has 2 amide bonds. The SMILES string of the molecule is CCOCCCC(=O)N1CCN(C(=O)c2ccc(F)cc2F)CC1. The molecule has 0 spiro atoms. The Labute approximate surface area is 140 Å². The van der Waals surface area contributed by atoms with Crippen molar-refractivity contribution in [1.29, 1.82) is 0 Å². The van der Waals surface area contributed by atoms with E-state index in [1.807, 2.05) is 6.92 Å². The fourth-order valence-corrected chi connectivity index (χ4v) is 2.62. The highest BCUT2D eigenvalue weighted by Gasteiger charge is 2.26. The fraction of sp³-hybridized carbons (Fsp3) is 0.529. The number of piperazine rings is 1. The Morgan fingerprint density at radius 1 is 1.12 bits per heavy atom. The molecule has 0 radical (unpaired) electrons. The second kappa shape index (κ2) is 8.73. The van der Waals surface area contributed by atoms with Gasteiger partial charge < -0.3 is 14.5 Å². The highest BCUT2D eigenvalue weighted by atomic mass is 19.1. The topological polar surface area (TPSA) is 49.9 Å². The van der Waals surface area contributed by atoms with Crippen molar-refractivity contribution >= 4 is 11.8 Å². The van der Waals surface area contributed by atoms with Crippen LogP contribution in [-0.2, 0) is 9.53 Å². The zero-order valence-electron chi connectivity index (χ0n) is 13.8. The quantitative estimate of drug-likeness (QED) is 0.745. The highest BCUT2D eigenvalue weighted by Crippen LogP contribution is 2.14. The first-order valence-corrected chi connectivity index (χ1v) is 8.12. The predicted molar refractivity (Wildman–Crippen MR) is 84.6 cm³/mol. The standard InChI is InChI=1S/C17H22F2N2O3/c1-2-24-11-3-4-16(22)20-7-9-21(10-8-20)17(23)14-6-5-13(18)12-15(14)19/h5-6,12H,2-4,7-11H2,1H3. The van der Waals surface area contributed by atoms with Gasteiger partial charge in [0.25, 0.3) is 5.91 Å². The Balaban J connectivity index is 1.83. The van der Waals surface area contributed by atoms with Gasteiger partial charge in [-0.15, -0.1) is 0 Å². The van der Waals surface area contributed by atoms with Gasteiger partial charge in [-0.1, -0.05) is 0 Å². The van der Waals surface area contributed by atoms with Gasteiger partial charge in [0.2, 0.25) is 5.91 Å². The summed E-state index contributed by atoms with van der Waals surface area (Å²) in [5, 5.41) is 0. The van der Waals surface area contributed by atoms with Crippen molar-refractivity contribution in [1.82, 2.24) is 9.80 Å². The number of carbonyl (C=O) groups excluding carboxylic acids is 2. The molecule has 1 fully saturated rings. The molecule has 2 rings (SSSR count). The van der Waals surface area contributed by atoms with Gasteiger partial charge in [0, 0.05) is 51.9 Å². The van der Waals surface area contributed by atoms with Crippen LogP contribution in [0.5, 0.6) is 0 Å². The molecule has 1 aliphatic heterocycles. The second-order valence-corrected chi connectivity index (χ2v) is 5.60. The maximum absolute atomic E-state index is 13.7. The van der Waals surface area contributed by atoms with E-state index in [1.54, 1.807) is 4.90 Å². The molecule has 0 saturated carbocycles. The van der Waals surface area contributed by atoms with Gasteiger partial charge in [0.1, 0.15) is 11.6 Å². The minimum absolute atomic E-state index is 0.0368. The number of amides is 2. The first-order chi connectivity index (χ1) is 11.5. The Bertz CT molecular complexity index is 587. The zero-order valence-corrected chi connectivity index (χ0v) is 13.8. The van der Waals surface area contributed by atoms with Gasteiger partial charge in [0.15, 0.2) is 0 Å². The Morgan fingerprint density at radius 3 is 2.42 bits per heavy atom. The van der Waals surface area contributed by atoms with Gasteiger partial charge in [-0.25, -0.2) is 8.78 Å².